The molecule has 0 radical (unpaired) electrons. The van der Waals surface area contributed by atoms with Crippen molar-refractivity contribution >= 4 is 98.8 Å². The summed E-state index contributed by atoms with van der Waals surface area (Å²) in [7, 11) is 0. The fourth-order valence-electron chi connectivity index (χ4n) is 0.714. The SMILES string of the molecule is O.O=C(O)CC(O)(CC(=O)O)C(=O)O.[KH].[NaH]. The number of carboxylic acid groups (broad SMARTS) is 3. The van der Waals surface area contributed by atoms with E-state index in [1.54, 1.807) is 0 Å². The van der Waals surface area contributed by atoms with Gasteiger partial charge in [0.05, 0.1) is 12.8 Å². The molecule has 0 rings (SSSR count). The van der Waals surface area contributed by atoms with Crippen LogP contribution in [-0.4, -0.2) is 130 Å². The third-order valence-corrected chi connectivity index (χ3v) is 1.29. The Morgan fingerprint density at radius 2 is 1.19 bits per heavy atom. The minimum atomic E-state index is -2.74. The number of hydrogen-bond acceptors (Lipinski definition) is 4. The molecular formula is C6H12KNaO8. The fraction of sp³-hybridized carbons (Fsp3) is 0.500. The van der Waals surface area contributed by atoms with Gasteiger partial charge in [0.15, 0.2) is 5.60 Å². The van der Waals surface area contributed by atoms with Crippen LogP contribution in [-0.2, 0) is 14.4 Å². The molecule has 0 saturated carbocycles. The molecule has 16 heavy (non-hydrogen) atoms. The van der Waals surface area contributed by atoms with Gasteiger partial charge in [0, 0.05) is 0 Å². The first kappa shape index (κ1) is 25.7. The topological polar surface area (TPSA) is 164 Å². The molecule has 0 spiro atoms. The molecular weight excluding hydrogens is 262 g/mol. The molecule has 0 amide bonds. The average molecular weight is 274 g/mol. The van der Waals surface area contributed by atoms with Gasteiger partial charge in [-0.2, -0.15) is 0 Å². The van der Waals surface area contributed by atoms with E-state index in [0.29, 0.717) is 0 Å². The van der Waals surface area contributed by atoms with E-state index in [1.807, 2.05) is 0 Å². The van der Waals surface area contributed by atoms with E-state index in [1.165, 1.54) is 0 Å². The Balaban J connectivity index is -0.000000240. The summed E-state index contributed by atoms with van der Waals surface area (Å²) in [5, 5.41) is 33.8. The van der Waals surface area contributed by atoms with Crippen LogP contribution in [0, 0.1) is 0 Å². The van der Waals surface area contributed by atoms with Crippen molar-refractivity contribution in [1.82, 2.24) is 0 Å². The molecule has 86 valence electrons. The fourth-order valence-corrected chi connectivity index (χ4v) is 0.714. The molecule has 0 aromatic heterocycles. The number of aliphatic hydroxyl groups is 1. The van der Waals surface area contributed by atoms with Crippen LogP contribution in [0.1, 0.15) is 12.8 Å². The van der Waals surface area contributed by atoms with Crippen LogP contribution in [0.5, 0.6) is 0 Å². The third-order valence-electron chi connectivity index (χ3n) is 1.29. The number of aliphatic carboxylic acids is 3. The van der Waals surface area contributed by atoms with Crippen molar-refractivity contribution in [3.8, 4) is 0 Å². The van der Waals surface area contributed by atoms with E-state index in [9.17, 15) is 14.4 Å². The summed E-state index contributed by atoms with van der Waals surface area (Å²) in [5.74, 6) is -5.02. The Labute approximate surface area is 155 Å². The first-order chi connectivity index (χ1) is 5.78. The molecule has 6 N–H and O–H groups in total. The van der Waals surface area contributed by atoms with Crippen LogP contribution < -0.4 is 0 Å². The zero-order chi connectivity index (χ0) is 10.6. The molecule has 0 aliphatic rings. The van der Waals surface area contributed by atoms with Crippen LogP contribution in [0.4, 0.5) is 0 Å². The summed E-state index contributed by atoms with van der Waals surface area (Å²) in [5.41, 5.74) is -2.74. The van der Waals surface area contributed by atoms with E-state index < -0.39 is 36.4 Å². The van der Waals surface area contributed by atoms with Crippen molar-refractivity contribution in [2.24, 2.45) is 0 Å². The molecule has 0 fully saturated rings. The minimum absolute atomic E-state index is 0. The van der Waals surface area contributed by atoms with Crippen LogP contribution in [0.25, 0.3) is 0 Å². The second-order valence-corrected chi connectivity index (χ2v) is 2.48. The summed E-state index contributed by atoms with van der Waals surface area (Å²) >= 11 is 0. The van der Waals surface area contributed by atoms with Crippen molar-refractivity contribution in [2.45, 2.75) is 18.4 Å². The molecule has 0 aliphatic heterocycles. The van der Waals surface area contributed by atoms with Gasteiger partial charge < -0.3 is 25.9 Å². The molecule has 10 heteroatoms. The second kappa shape index (κ2) is 11.1. The van der Waals surface area contributed by atoms with Crippen molar-refractivity contribution in [3.05, 3.63) is 0 Å². The van der Waals surface area contributed by atoms with Gasteiger partial charge in [0.25, 0.3) is 0 Å². The molecule has 0 bridgehead atoms. The zero-order valence-electron chi connectivity index (χ0n) is 6.93. The standard InChI is InChI=1S/C6H8O7.K.Na.H2O.2H/c7-3(8)1-6(13,5(11)12)2-4(9)10;;;;;/h13H,1-2H2,(H,7,8)(H,9,10)(H,11,12);;;1H2;;. The van der Waals surface area contributed by atoms with Gasteiger partial charge in [0.2, 0.25) is 0 Å². The predicted octanol–water partition coefficient (Wildman–Crippen LogP) is -3.37. The maximum absolute atomic E-state index is 10.3. The molecule has 0 aliphatic carbocycles. The molecule has 0 unspecified atom stereocenters. The van der Waals surface area contributed by atoms with E-state index in [0.717, 1.165) is 0 Å². The Hall–Kier alpha value is 0.966. The average Bonchev–Trinajstić information content (AvgIpc) is 1.82. The Kier molecular flexibility index (Phi) is 17.8. The zero-order valence-corrected chi connectivity index (χ0v) is 6.93. The van der Waals surface area contributed by atoms with Crippen molar-refractivity contribution < 1.29 is 40.3 Å². The van der Waals surface area contributed by atoms with Crippen LogP contribution in [0.2, 0.25) is 0 Å². The second-order valence-electron chi connectivity index (χ2n) is 2.48. The molecule has 0 heterocycles. The van der Waals surface area contributed by atoms with Gasteiger partial charge in [-0.25, -0.2) is 4.79 Å². The number of carboxylic acids is 3. The van der Waals surface area contributed by atoms with E-state index in [2.05, 4.69) is 0 Å². The first-order valence-electron chi connectivity index (χ1n) is 3.17. The molecule has 0 saturated heterocycles. The van der Waals surface area contributed by atoms with Crippen molar-refractivity contribution in [2.75, 3.05) is 0 Å². The number of hydrogen-bond donors (Lipinski definition) is 4. The van der Waals surface area contributed by atoms with Gasteiger partial charge >= 0.3 is 98.8 Å². The Bertz CT molecular complexity index is 239. The van der Waals surface area contributed by atoms with Crippen LogP contribution in [0.3, 0.4) is 0 Å². The first-order valence-corrected chi connectivity index (χ1v) is 3.17. The summed E-state index contributed by atoms with van der Waals surface area (Å²) in [6.07, 6.45) is -2.29. The number of carbonyl (C=O) groups is 3. The molecule has 8 nitrogen and oxygen atoms in total. The van der Waals surface area contributed by atoms with Crippen molar-refractivity contribution in [1.29, 1.82) is 0 Å². The summed E-state index contributed by atoms with van der Waals surface area (Å²) in [6, 6.07) is 0. The van der Waals surface area contributed by atoms with Gasteiger partial charge in [-0.15, -0.1) is 0 Å². The number of rotatable bonds is 5. The third kappa shape index (κ3) is 10.1. The molecule has 0 aromatic rings. The monoisotopic (exact) mass is 274 g/mol. The summed E-state index contributed by atoms with van der Waals surface area (Å²) in [6.45, 7) is 0. The van der Waals surface area contributed by atoms with E-state index in [-0.39, 0.29) is 86.4 Å². The van der Waals surface area contributed by atoms with Gasteiger partial charge in [0.1, 0.15) is 0 Å². The quantitative estimate of drug-likeness (QED) is 0.380. The normalized spacial score (nSPS) is 8.81. The van der Waals surface area contributed by atoms with Crippen LogP contribution in [0.15, 0.2) is 0 Å². The summed E-state index contributed by atoms with van der Waals surface area (Å²) < 4.78 is 0. The van der Waals surface area contributed by atoms with Gasteiger partial charge in [-0.05, 0) is 0 Å². The Morgan fingerprint density at radius 1 is 0.938 bits per heavy atom. The maximum atomic E-state index is 10.3. The van der Waals surface area contributed by atoms with Gasteiger partial charge in [-0.3, -0.25) is 9.59 Å². The Morgan fingerprint density at radius 3 is 1.31 bits per heavy atom. The van der Waals surface area contributed by atoms with Crippen LogP contribution >= 0.6 is 0 Å². The molecule has 0 aromatic carbocycles. The van der Waals surface area contributed by atoms with E-state index in [4.69, 9.17) is 20.4 Å². The predicted molar refractivity (Wildman–Crippen MR) is 55.0 cm³/mol. The van der Waals surface area contributed by atoms with E-state index >= 15 is 0 Å². The summed E-state index contributed by atoms with van der Waals surface area (Å²) in [4.78, 5) is 30.5. The van der Waals surface area contributed by atoms with Crippen molar-refractivity contribution in [3.63, 3.8) is 0 Å². The van der Waals surface area contributed by atoms with Gasteiger partial charge in [-0.1, -0.05) is 0 Å². The molecule has 0 atom stereocenters.